The molecule has 0 bridgehead atoms. The van der Waals surface area contributed by atoms with Crippen molar-refractivity contribution in [2.45, 2.75) is 38.0 Å². The number of nitrogens with two attached hydrogens (primary N) is 1. The molecule has 0 aliphatic heterocycles. The number of carbonyl (C=O) groups excluding carboxylic acids is 1. The van der Waals surface area contributed by atoms with Gasteiger partial charge < -0.3 is 11.1 Å². The summed E-state index contributed by atoms with van der Waals surface area (Å²) in [4.78, 5) is 11.8. The molecule has 1 unspecified atom stereocenters. The van der Waals surface area contributed by atoms with E-state index in [9.17, 15) is 4.79 Å². The second-order valence-corrected chi connectivity index (χ2v) is 6.18. The van der Waals surface area contributed by atoms with Crippen LogP contribution in [-0.2, 0) is 10.5 Å². The molecule has 0 spiro atoms. The number of carbonyl (C=O) groups is 1. The SMILES string of the molecule is CCCCC(CN)NC(=O)CSCc1ccc(Cl)cc1.Cl. The summed E-state index contributed by atoms with van der Waals surface area (Å²) < 4.78 is 0. The maximum atomic E-state index is 11.8. The first-order valence-electron chi connectivity index (χ1n) is 6.97. The molecule has 0 fully saturated rings. The number of unbranched alkanes of at least 4 members (excludes halogenated alkanes) is 1. The van der Waals surface area contributed by atoms with Gasteiger partial charge in [-0.05, 0) is 24.1 Å². The Hall–Kier alpha value is -0.420. The zero-order valence-corrected chi connectivity index (χ0v) is 14.7. The van der Waals surface area contributed by atoms with Crippen molar-refractivity contribution in [3.8, 4) is 0 Å². The standard InChI is InChI=1S/C15H23ClN2OS.ClH/c1-2-3-4-14(9-17)18-15(19)11-20-10-12-5-7-13(16)8-6-12;/h5-8,14H,2-4,9-11,17H2,1H3,(H,18,19);1H. The van der Waals surface area contributed by atoms with Gasteiger partial charge in [-0.15, -0.1) is 24.2 Å². The summed E-state index contributed by atoms with van der Waals surface area (Å²) in [7, 11) is 0. The quantitative estimate of drug-likeness (QED) is 0.714. The topological polar surface area (TPSA) is 55.1 Å². The normalized spacial score (nSPS) is 11.6. The number of thioether (sulfide) groups is 1. The lowest BCUT2D eigenvalue weighted by atomic mass is 10.1. The molecule has 0 saturated heterocycles. The van der Waals surface area contributed by atoms with Crippen molar-refractivity contribution in [3.05, 3.63) is 34.9 Å². The molecular weight excluding hydrogens is 327 g/mol. The van der Waals surface area contributed by atoms with Gasteiger partial charge in [0.15, 0.2) is 0 Å². The summed E-state index contributed by atoms with van der Waals surface area (Å²) in [5, 5.41) is 3.73. The molecule has 1 aromatic carbocycles. The minimum absolute atomic E-state index is 0. The molecule has 0 aliphatic carbocycles. The third kappa shape index (κ3) is 9.25. The number of hydrogen-bond acceptors (Lipinski definition) is 3. The number of benzene rings is 1. The number of nitrogens with one attached hydrogen (secondary N) is 1. The van der Waals surface area contributed by atoms with Gasteiger partial charge in [0.25, 0.3) is 0 Å². The molecule has 0 heterocycles. The molecule has 0 aliphatic rings. The number of amides is 1. The van der Waals surface area contributed by atoms with E-state index >= 15 is 0 Å². The molecule has 0 aromatic heterocycles. The molecule has 6 heteroatoms. The van der Waals surface area contributed by atoms with Crippen LogP contribution >= 0.6 is 35.8 Å². The van der Waals surface area contributed by atoms with Crippen molar-refractivity contribution in [1.82, 2.24) is 5.32 Å². The van der Waals surface area contributed by atoms with E-state index < -0.39 is 0 Å². The third-order valence-corrected chi connectivity index (χ3v) is 4.23. The Morgan fingerprint density at radius 2 is 2.05 bits per heavy atom. The number of halogens is 2. The molecule has 0 radical (unpaired) electrons. The summed E-state index contributed by atoms with van der Waals surface area (Å²) >= 11 is 7.43. The summed E-state index contributed by atoms with van der Waals surface area (Å²) in [6.45, 7) is 2.64. The fourth-order valence-corrected chi connectivity index (χ4v) is 2.74. The minimum atomic E-state index is 0. The van der Waals surface area contributed by atoms with Gasteiger partial charge >= 0.3 is 0 Å². The summed E-state index contributed by atoms with van der Waals surface area (Å²) in [5.41, 5.74) is 6.84. The zero-order chi connectivity index (χ0) is 14.8. The molecule has 120 valence electrons. The molecular formula is C15H24Cl2N2OS. The van der Waals surface area contributed by atoms with Crippen LogP contribution < -0.4 is 11.1 Å². The Morgan fingerprint density at radius 1 is 1.38 bits per heavy atom. The minimum Gasteiger partial charge on any atom is -0.351 e. The van der Waals surface area contributed by atoms with Crippen molar-refractivity contribution in [2.75, 3.05) is 12.3 Å². The first-order valence-corrected chi connectivity index (χ1v) is 8.50. The maximum Gasteiger partial charge on any atom is 0.230 e. The fourth-order valence-electron chi connectivity index (χ4n) is 1.81. The van der Waals surface area contributed by atoms with Crippen molar-refractivity contribution >= 4 is 41.7 Å². The first kappa shape index (κ1) is 20.6. The Kier molecular flexibility index (Phi) is 11.9. The van der Waals surface area contributed by atoms with Crippen molar-refractivity contribution < 1.29 is 4.79 Å². The maximum absolute atomic E-state index is 11.8. The van der Waals surface area contributed by atoms with Gasteiger partial charge in [-0.2, -0.15) is 0 Å². The smallest absolute Gasteiger partial charge is 0.230 e. The van der Waals surface area contributed by atoms with Crippen molar-refractivity contribution in [2.24, 2.45) is 5.73 Å². The molecule has 1 atom stereocenters. The molecule has 21 heavy (non-hydrogen) atoms. The van der Waals surface area contributed by atoms with Crippen LogP contribution in [0.25, 0.3) is 0 Å². The highest BCUT2D eigenvalue weighted by Crippen LogP contribution is 2.15. The van der Waals surface area contributed by atoms with E-state index in [1.807, 2.05) is 24.3 Å². The Morgan fingerprint density at radius 3 is 2.62 bits per heavy atom. The lowest BCUT2D eigenvalue weighted by Gasteiger charge is -2.16. The lowest BCUT2D eigenvalue weighted by Crippen LogP contribution is -2.41. The van der Waals surface area contributed by atoms with Gasteiger partial charge in [-0.25, -0.2) is 0 Å². The summed E-state index contributed by atoms with van der Waals surface area (Å²) in [6, 6.07) is 7.81. The molecule has 3 nitrogen and oxygen atoms in total. The van der Waals surface area contributed by atoms with Gasteiger partial charge in [-0.1, -0.05) is 43.5 Å². The van der Waals surface area contributed by atoms with Crippen LogP contribution in [0.15, 0.2) is 24.3 Å². The van der Waals surface area contributed by atoms with Crippen LogP contribution in [0.5, 0.6) is 0 Å². The monoisotopic (exact) mass is 350 g/mol. The number of rotatable bonds is 9. The first-order chi connectivity index (χ1) is 9.65. The Bertz CT molecular complexity index is 401. The van der Waals surface area contributed by atoms with Crippen LogP contribution in [0.4, 0.5) is 0 Å². The summed E-state index contributed by atoms with van der Waals surface area (Å²) in [6.07, 6.45) is 3.18. The average molecular weight is 351 g/mol. The van der Waals surface area contributed by atoms with E-state index in [0.29, 0.717) is 12.3 Å². The van der Waals surface area contributed by atoms with E-state index in [2.05, 4.69) is 12.2 Å². The van der Waals surface area contributed by atoms with Crippen LogP contribution in [0.1, 0.15) is 31.7 Å². The number of hydrogen-bond donors (Lipinski definition) is 2. The zero-order valence-electron chi connectivity index (χ0n) is 12.3. The van der Waals surface area contributed by atoms with Gasteiger partial charge in [0.1, 0.15) is 0 Å². The molecule has 1 aromatic rings. The van der Waals surface area contributed by atoms with Gasteiger partial charge in [-0.3, -0.25) is 4.79 Å². The average Bonchev–Trinajstić information content (AvgIpc) is 2.45. The van der Waals surface area contributed by atoms with Crippen molar-refractivity contribution in [3.63, 3.8) is 0 Å². The highest BCUT2D eigenvalue weighted by molar-refractivity contribution is 7.99. The predicted octanol–water partition coefficient (Wildman–Crippen LogP) is 3.63. The molecule has 3 N–H and O–H groups in total. The van der Waals surface area contributed by atoms with Gasteiger partial charge in [0.2, 0.25) is 5.91 Å². The Labute approximate surface area is 142 Å². The van der Waals surface area contributed by atoms with Gasteiger partial charge in [0, 0.05) is 23.4 Å². The highest BCUT2D eigenvalue weighted by atomic mass is 35.5. The molecule has 0 saturated carbocycles. The van der Waals surface area contributed by atoms with E-state index in [1.165, 1.54) is 5.56 Å². The van der Waals surface area contributed by atoms with Gasteiger partial charge in [0.05, 0.1) is 5.75 Å². The van der Waals surface area contributed by atoms with Crippen LogP contribution in [0.2, 0.25) is 5.02 Å². The van der Waals surface area contributed by atoms with E-state index in [0.717, 1.165) is 30.0 Å². The van der Waals surface area contributed by atoms with Crippen molar-refractivity contribution in [1.29, 1.82) is 0 Å². The molecule has 1 rings (SSSR count). The van der Waals surface area contributed by atoms with Crippen LogP contribution in [0.3, 0.4) is 0 Å². The lowest BCUT2D eigenvalue weighted by molar-refractivity contribution is -0.119. The van der Waals surface area contributed by atoms with E-state index in [1.54, 1.807) is 11.8 Å². The second-order valence-electron chi connectivity index (χ2n) is 4.76. The van der Waals surface area contributed by atoms with E-state index in [4.69, 9.17) is 17.3 Å². The highest BCUT2D eigenvalue weighted by Gasteiger charge is 2.10. The predicted molar refractivity (Wildman–Crippen MR) is 95.4 cm³/mol. The summed E-state index contributed by atoms with van der Waals surface area (Å²) in [5.74, 6) is 1.34. The Balaban J connectivity index is 0.00000400. The fraction of sp³-hybridized carbons (Fsp3) is 0.533. The third-order valence-electron chi connectivity index (χ3n) is 2.97. The largest absolute Gasteiger partial charge is 0.351 e. The van der Waals surface area contributed by atoms with Crippen LogP contribution in [-0.4, -0.2) is 24.2 Å². The second kappa shape index (κ2) is 12.2. The van der Waals surface area contributed by atoms with E-state index in [-0.39, 0.29) is 24.4 Å². The van der Waals surface area contributed by atoms with Crippen LogP contribution in [0, 0.1) is 0 Å². The molecule has 1 amide bonds.